The van der Waals surface area contributed by atoms with Crippen LogP contribution in [-0.4, -0.2) is 76.1 Å². The standard InChI is InChI=1S/C14H16ClNO6.C4H11NO3/c1-8(7-20-2)21-11-6-12-10(5-9(11)15)16(14(19)22-12)4-3-13(17)18;5-4(1-6,2-7)3-8/h5-6,8H,3-4,7H2,1-2H3,(H,17,18);6-8H,1-3,5H2. The topological polar surface area (TPSA) is 178 Å². The summed E-state index contributed by atoms with van der Waals surface area (Å²) in [5, 5.41) is 34.0. The molecule has 0 saturated carbocycles. The van der Waals surface area contributed by atoms with Crippen LogP contribution in [0, 0.1) is 0 Å². The van der Waals surface area contributed by atoms with E-state index in [4.69, 9.17) is 51.7 Å². The van der Waals surface area contributed by atoms with E-state index in [1.807, 2.05) is 6.92 Å². The summed E-state index contributed by atoms with van der Waals surface area (Å²) >= 11 is 6.15. The highest BCUT2D eigenvalue weighted by Gasteiger charge is 2.20. The minimum atomic E-state index is -1.21. The van der Waals surface area contributed by atoms with E-state index in [0.717, 1.165) is 0 Å². The molecule has 0 amide bonds. The number of ether oxygens (including phenoxy) is 2. The van der Waals surface area contributed by atoms with Crippen LogP contribution in [0.2, 0.25) is 5.02 Å². The van der Waals surface area contributed by atoms with E-state index in [2.05, 4.69) is 0 Å². The smallest absolute Gasteiger partial charge is 0.419 e. The fourth-order valence-electron chi connectivity index (χ4n) is 2.21. The largest absolute Gasteiger partial charge is 0.487 e. The lowest BCUT2D eigenvalue weighted by Crippen LogP contribution is -2.50. The van der Waals surface area contributed by atoms with Gasteiger partial charge >= 0.3 is 11.7 Å². The van der Waals surface area contributed by atoms with Gasteiger partial charge in [-0.25, -0.2) is 4.79 Å². The molecule has 1 unspecified atom stereocenters. The Bertz CT molecular complexity index is 868. The third kappa shape index (κ3) is 7.27. The van der Waals surface area contributed by atoms with Crippen LogP contribution < -0.4 is 16.2 Å². The summed E-state index contributed by atoms with van der Waals surface area (Å²) in [4.78, 5) is 22.4. The molecular weight excluding hydrogens is 424 g/mol. The van der Waals surface area contributed by atoms with E-state index in [0.29, 0.717) is 28.5 Å². The Kier molecular flexibility index (Phi) is 10.3. The first-order chi connectivity index (χ1) is 14.1. The first-order valence-electron chi connectivity index (χ1n) is 8.92. The van der Waals surface area contributed by atoms with Gasteiger partial charge in [0.05, 0.1) is 48.9 Å². The van der Waals surface area contributed by atoms with E-state index in [1.165, 1.54) is 16.7 Å². The molecule has 2 aromatic rings. The molecule has 0 fully saturated rings. The van der Waals surface area contributed by atoms with E-state index < -0.39 is 37.1 Å². The molecular formula is C18H27ClN2O9. The fourth-order valence-corrected chi connectivity index (χ4v) is 2.41. The number of oxazole rings is 1. The number of aliphatic hydroxyl groups excluding tert-OH is 3. The lowest BCUT2D eigenvalue weighted by atomic mass is 10.1. The number of aliphatic carboxylic acids is 1. The summed E-state index contributed by atoms with van der Waals surface area (Å²) in [6.07, 6.45) is -0.407. The summed E-state index contributed by atoms with van der Waals surface area (Å²) < 4.78 is 16.9. The Hall–Kier alpha value is -2.15. The van der Waals surface area contributed by atoms with Gasteiger partial charge in [0, 0.05) is 19.7 Å². The minimum absolute atomic E-state index is 0.0117. The molecule has 0 saturated heterocycles. The van der Waals surface area contributed by atoms with Gasteiger partial charge in [0.2, 0.25) is 0 Å². The number of hydrogen-bond donors (Lipinski definition) is 5. The van der Waals surface area contributed by atoms with Gasteiger partial charge in [0.1, 0.15) is 11.9 Å². The second-order valence-electron chi connectivity index (χ2n) is 6.63. The van der Waals surface area contributed by atoms with Crippen LogP contribution in [0.4, 0.5) is 0 Å². The number of halogens is 1. The van der Waals surface area contributed by atoms with Crippen LogP contribution in [0.5, 0.6) is 5.75 Å². The molecule has 1 heterocycles. The molecule has 0 aliphatic carbocycles. The van der Waals surface area contributed by atoms with Crippen molar-refractivity contribution < 1.29 is 39.1 Å². The van der Waals surface area contributed by atoms with Crippen molar-refractivity contribution >= 4 is 28.7 Å². The number of aryl methyl sites for hydroxylation is 1. The Morgan fingerprint density at radius 2 is 1.90 bits per heavy atom. The Morgan fingerprint density at radius 1 is 1.30 bits per heavy atom. The zero-order chi connectivity index (χ0) is 22.9. The van der Waals surface area contributed by atoms with Crippen molar-refractivity contribution in [3.63, 3.8) is 0 Å². The number of hydrogen-bond acceptors (Lipinski definition) is 9. The molecule has 0 bridgehead atoms. The van der Waals surface area contributed by atoms with Crippen molar-refractivity contribution in [3.05, 3.63) is 27.7 Å². The number of nitrogens with zero attached hydrogens (tertiary/aromatic N) is 1. The van der Waals surface area contributed by atoms with Crippen LogP contribution in [0.15, 0.2) is 21.3 Å². The van der Waals surface area contributed by atoms with E-state index in [9.17, 15) is 9.59 Å². The number of benzene rings is 1. The van der Waals surface area contributed by atoms with Crippen LogP contribution in [0.1, 0.15) is 13.3 Å². The zero-order valence-corrected chi connectivity index (χ0v) is 17.5. The lowest BCUT2D eigenvalue weighted by Gasteiger charge is -2.20. The molecule has 170 valence electrons. The Morgan fingerprint density at radius 3 is 2.37 bits per heavy atom. The third-order valence-electron chi connectivity index (χ3n) is 3.95. The lowest BCUT2D eigenvalue weighted by molar-refractivity contribution is -0.137. The molecule has 30 heavy (non-hydrogen) atoms. The third-order valence-corrected chi connectivity index (χ3v) is 4.24. The molecule has 1 atom stereocenters. The van der Waals surface area contributed by atoms with Crippen LogP contribution in [0.3, 0.4) is 0 Å². The molecule has 6 N–H and O–H groups in total. The predicted octanol–water partition coefficient (Wildman–Crippen LogP) is -0.203. The number of carboxylic acid groups (broad SMARTS) is 1. The molecule has 12 heteroatoms. The maximum absolute atomic E-state index is 11.8. The first kappa shape index (κ1) is 25.9. The van der Waals surface area contributed by atoms with Crippen molar-refractivity contribution in [2.75, 3.05) is 33.5 Å². The summed E-state index contributed by atoms with van der Waals surface area (Å²) in [6.45, 7) is 1.01. The average Bonchev–Trinajstić information content (AvgIpc) is 3.00. The predicted molar refractivity (Wildman–Crippen MR) is 108 cm³/mol. The maximum atomic E-state index is 11.8. The average molecular weight is 451 g/mol. The first-order valence-corrected chi connectivity index (χ1v) is 9.30. The summed E-state index contributed by atoms with van der Waals surface area (Å²) in [5.74, 6) is -1.26. The number of carbonyl (C=O) groups is 1. The maximum Gasteiger partial charge on any atom is 0.419 e. The molecule has 1 aromatic heterocycles. The van der Waals surface area contributed by atoms with Crippen molar-refractivity contribution in [2.24, 2.45) is 5.73 Å². The van der Waals surface area contributed by atoms with Gasteiger partial charge in [0.15, 0.2) is 5.58 Å². The quantitative estimate of drug-likeness (QED) is 0.325. The second-order valence-corrected chi connectivity index (χ2v) is 7.04. The number of fused-ring (bicyclic) bond motifs is 1. The van der Waals surface area contributed by atoms with Gasteiger partial charge in [0.25, 0.3) is 0 Å². The summed E-state index contributed by atoms with van der Waals surface area (Å²) in [6, 6.07) is 3.04. The normalized spacial score (nSPS) is 12.4. The Balaban J connectivity index is 0.000000479. The molecule has 0 aliphatic rings. The van der Waals surface area contributed by atoms with Crippen LogP contribution in [-0.2, 0) is 16.1 Å². The van der Waals surface area contributed by atoms with Crippen LogP contribution >= 0.6 is 11.6 Å². The number of nitrogens with two attached hydrogens (primary N) is 1. The summed E-state index contributed by atoms with van der Waals surface area (Å²) in [5.41, 5.74) is 4.66. The zero-order valence-electron chi connectivity index (χ0n) is 16.7. The number of methoxy groups -OCH3 is 1. The van der Waals surface area contributed by atoms with E-state index in [-0.39, 0.29) is 19.1 Å². The van der Waals surface area contributed by atoms with Crippen molar-refractivity contribution in [2.45, 2.75) is 31.5 Å². The molecule has 0 aliphatic heterocycles. The van der Waals surface area contributed by atoms with Gasteiger partial charge in [-0.1, -0.05) is 11.6 Å². The molecule has 2 rings (SSSR count). The summed E-state index contributed by atoms with van der Waals surface area (Å²) in [7, 11) is 1.56. The molecule has 11 nitrogen and oxygen atoms in total. The van der Waals surface area contributed by atoms with Gasteiger partial charge in [-0.3, -0.25) is 9.36 Å². The van der Waals surface area contributed by atoms with Gasteiger partial charge < -0.3 is 40.1 Å². The molecule has 0 radical (unpaired) electrons. The number of rotatable bonds is 10. The highest BCUT2D eigenvalue weighted by atomic mass is 35.5. The van der Waals surface area contributed by atoms with Crippen molar-refractivity contribution in [3.8, 4) is 5.75 Å². The monoisotopic (exact) mass is 450 g/mol. The molecule has 0 spiro atoms. The second kappa shape index (κ2) is 11.9. The number of carboxylic acids is 1. The number of aromatic nitrogens is 1. The van der Waals surface area contributed by atoms with E-state index in [1.54, 1.807) is 7.11 Å². The Labute approximate surface area is 177 Å². The SMILES string of the molecule is COCC(C)Oc1cc2oc(=O)n(CCC(=O)O)c2cc1Cl.NC(CO)(CO)CO. The number of aliphatic hydroxyl groups is 3. The van der Waals surface area contributed by atoms with Gasteiger partial charge in [-0.05, 0) is 13.0 Å². The van der Waals surface area contributed by atoms with Gasteiger partial charge in [-0.2, -0.15) is 0 Å². The molecule has 1 aromatic carbocycles. The highest BCUT2D eigenvalue weighted by Crippen LogP contribution is 2.30. The highest BCUT2D eigenvalue weighted by molar-refractivity contribution is 6.32. The fraction of sp³-hybridized carbons (Fsp3) is 0.556. The minimum Gasteiger partial charge on any atom is -0.487 e. The van der Waals surface area contributed by atoms with Crippen molar-refractivity contribution in [1.82, 2.24) is 4.57 Å². The van der Waals surface area contributed by atoms with Crippen LogP contribution in [0.25, 0.3) is 11.1 Å². The van der Waals surface area contributed by atoms with Crippen molar-refractivity contribution in [1.29, 1.82) is 0 Å². The van der Waals surface area contributed by atoms with Gasteiger partial charge in [-0.15, -0.1) is 0 Å². The van der Waals surface area contributed by atoms with E-state index >= 15 is 0 Å².